The Bertz CT molecular complexity index is 3520. The standard InChI is InChI=1S/C23H19ClN2O4S.C19H15BrClNO4S.C14H23BN2O4.CH4/c1-2-29-23(28)21-17(20-18(24)4-3-5-19(20)31-21)12-30-14-6-7-15(22(25)27)16(10-14)13-8-9-26-11-13;1-2-25-19(24)17-12(16-14(21)4-3-5-15(16)27-17)9-26-10-6-7-11(18(22)23)13(20)8-10;1-12(2,3)19-11(18)17-9-10(8-16-17)15-20-13(4,5)14(6,7)21-15;/h3-8,10-11H,2,9,12H2,1H3,(H2,25,27);3-8H,2,9H2,1H3,(H2,22,23);8-9H,1-7H3;1H4. The lowest BCUT2D eigenvalue weighted by molar-refractivity contribution is 0.00578. The molecule has 0 atom stereocenters. The molecule has 80 heavy (non-hydrogen) atoms. The second kappa shape index (κ2) is 26.3. The molecular weight excluding hydrogens is 1170 g/mol. The molecule has 7 aromatic rings. The van der Waals surface area contributed by atoms with Crippen molar-refractivity contribution >= 4 is 136 Å². The molecule has 0 saturated carbocycles. The molecule has 4 N–H and O–H groups in total. The van der Waals surface area contributed by atoms with Gasteiger partial charge in [-0.25, -0.2) is 14.4 Å². The fourth-order valence-corrected chi connectivity index (χ4v) is 11.4. The van der Waals surface area contributed by atoms with E-state index in [1.807, 2.05) is 78.8 Å². The van der Waals surface area contributed by atoms with E-state index >= 15 is 0 Å². The number of nitrogens with two attached hydrogens (primary N) is 2. The summed E-state index contributed by atoms with van der Waals surface area (Å²) in [6.07, 6.45) is 6.24. The Morgan fingerprint density at radius 2 is 1.26 bits per heavy atom. The van der Waals surface area contributed by atoms with E-state index in [0.717, 1.165) is 30.4 Å². The highest BCUT2D eigenvalue weighted by Crippen LogP contribution is 2.40. The first-order valence-electron chi connectivity index (χ1n) is 24.7. The van der Waals surface area contributed by atoms with Gasteiger partial charge in [0.1, 0.15) is 40.1 Å². The number of ether oxygens (including phenoxy) is 5. The van der Waals surface area contributed by atoms with Crippen LogP contribution in [0.4, 0.5) is 4.79 Å². The molecule has 422 valence electrons. The number of halogens is 3. The van der Waals surface area contributed by atoms with Gasteiger partial charge in [0.25, 0.3) is 0 Å². The van der Waals surface area contributed by atoms with Gasteiger partial charge in [0.2, 0.25) is 11.8 Å². The first-order chi connectivity index (χ1) is 37.3. The number of rotatable bonds is 14. The predicted molar refractivity (Wildman–Crippen MR) is 320 cm³/mol. The number of allylic oxidation sites excluding steroid dienone is 1. The van der Waals surface area contributed by atoms with Crippen LogP contribution in [0.1, 0.15) is 126 Å². The molecule has 5 heterocycles. The molecule has 3 aromatic heterocycles. The van der Waals surface area contributed by atoms with Gasteiger partial charge in [-0.3, -0.25) is 14.6 Å². The minimum atomic E-state index is -0.562. The molecule has 4 aromatic carbocycles. The van der Waals surface area contributed by atoms with Crippen LogP contribution in [0, 0.1) is 0 Å². The number of nitrogens with zero attached hydrogens (tertiary/aromatic N) is 3. The smallest absolute Gasteiger partial charge is 0.489 e. The van der Waals surface area contributed by atoms with Crippen LogP contribution in [0.5, 0.6) is 11.5 Å². The van der Waals surface area contributed by atoms with Crippen molar-refractivity contribution in [2.45, 2.75) is 99.8 Å². The number of amides is 2. The number of aromatic nitrogens is 2. The molecule has 1 fully saturated rings. The average Bonchev–Trinajstić information content (AvgIpc) is 4.26. The van der Waals surface area contributed by atoms with Crippen LogP contribution in [0.25, 0.3) is 25.7 Å². The van der Waals surface area contributed by atoms with Crippen LogP contribution in [-0.4, -0.2) is 89.5 Å². The molecule has 2 aliphatic heterocycles. The number of hydrogen-bond donors (Lipinski definition) is 2. The number of fused-ring (bicyclic) bond motifs is 2. The molecule has 9 rings (SSSR count). The zero-order valence-electron chi connectivity index (χ0n) is 44.7. The van der Waals surface area contributed by atoms with Crippen molar-refractivity contribution in [3.63, 3.8) is 0 Å². The van der Waals surface area contributed by atoms with E-state index < -0.39 is 53.8 Å². The van der Waals surface area contributed by atoms with Crippen LogP contribution < -0.4 is 26.4 Å². The Kier molecular flexibility index (Phi) is 20.6. The average molecular weight is 1230 g/mol. The number of aliphatic imine (C=N–C) groups is 1. The van der Waals surface area contributed by atoms with Gasteiger partial charge in [0.05, 0.1) is 36.5 Å². The monoisotopic (exact) mass is 1230 g/mol. The Hall–Kier alpha value is -6.59. The van der Waals surface area contributed by atoms with Crippen molar-refractivity contribution in [3.8, 4) is 11.5 Å². The van der Waals surface area contributed by atoms with Crippen molar-refractivity contribution in [3.05, 3.63) is 143 Å². The zero-order valence-corrected chi connectivity index (χ0v) is 49.4. The van der Waals surface area contributed by atoms with Crippen LogP contribution in [0.2, 0.25) is 10.0 Å². The summed E-state index contributed by atoms with van der Waals surface area (Å²) in [4.78, 5) is 65.1. The first kappa shape index (κ1) is 62.6. The summed E-state index contributed by atoms with van der Waals surface area (Å²) in [6, 6.07) is 21.0. The molecule has 0 spiro atoms. The zero-order chi connectivity index (χ0) is 57.6. The van der Waals surface area contributed by atoms with E-state index in [9.17, 15) is 24.0 Å². The number of primary amides is 2. The Labute approximate surface area is 490 Å². The third-order valence-electron chi connectivity index (χ3n) is 12.3. The lowest BCUT2D eigenvalue weighted by atomic mass is 9.82. The van der Waals surface area contributed by atoms with Gasteiger partial charge in [0, 0.05) is 75.5 Å². The topological polar surface area (TPSA) is 232 Å². The first-order valence-corrected chi connectivity index (χ1v) is 27.9. The van der Waals surface area contributed by atoms with E-state index in [0.29, 0.717) is 75.6 Å². The number of benzene rings is 4. The summed E-state index contributed by atoms with van der Waals surface area (Å²) in [5.74, 6) is -0.818. The SMILES string of the molecule is C.CC(C)(C)OC(=O)n1cc(B2OC(C)(C)C(C)(C)O2)cn1.CCOC(=O)c1sc2cccc(Cl)c2c1COc1ccc(C(N)=O)c(Br)c1.CCOC(=O)c1sc2cccc(Cl)c2c1COc1ccc(C(N)=O)c(C2=CCN=C2)c1. The lowest BCUT2D eigenvalue weighted by Crippen LogP contribution is -2.41. The number of thiophene rings is 2. The molecule has 23 heteroatoms. The van der Waals surface area contributed by atoms with Gasteiger partial charge < -0.3 is 44.5 Å². The van der Waals surface area contributed by atoms with Crippen LogP contribution in [0.15, 0.2) is 101 Å². The van der Waals surface area contributed by atoms with E-state index in [1.165, 1.54) is 22.7 Å². The summed E-state index contributed by atoms with van der Waals surface area (Å²) >= 11 is 18.7. The summed E-state index contributed by atoms with van der Waals surface area (Å²) in [5, 5.41) is 6.66. The summed E-state index contributed by atoms with van der Waals surface area (Å²) in [5.41, 5.74) is 13.7. The molecule has 1 saturated heterocycles. The van der Waals surface area contributed by atoms with Gasteiger partial charge in [-0.2, -0.15) is 9.78 Å². The fourth-order valence-electron chi connectivity index (χ4n) is 7.88. The molecule has 0 unspecified atom stereocenters. The Morgan fingerprint density at radius 3 is 1.71 bits per heavy atom. The second-order valence-corrected chi connectivity index (χ2v) is 23.4. The third-order valence-corrected chi connectivity index (χ3v) is 16.0. The molecule has 2 amide bonds. The number of hydrogen-bond acceptors (Lipinski definition) is 16. The molecule has 0 aliphatic carbocycles. The number of carbonyl (C=O) groups excluding carboxylic acids is 5. The van der Waals surface area contributed by atoms with Crippen LogP contribution >= 0.6 is 61.8 Å². The largest absolute Gasteiger partial charge is 0.498 e. The maximum absolute atomic E-state index is 12.5. The van der Waals surface area contributed by atoms with Gasteiger partial charge in [-0.05, 0) is 150 Å². The van der Waals surface area contributed by atoms with Crippen molar-refractivity contribution in [1.29, 1.82) is 0 Å². The van der Waals surface area contributed by atoms with Gasteiger partial charge in [-0.15, -0.1) is 22.7 Å². The summed E-state index contributed by atoms with van der Waals surface area (Å²) < 4.78 is 42.8. The summed E-state index contributed by atoms with van der Waals surface area (Å²) in [6.45, 7) is 18.2. The highest BCUT2D eigenvalue weighted by molar-refractivity contribution is 9.10. The number of esters is 2. The van der Waals surface area contributed by atoms with E-state index in [2.05, 4.69) is 26.0 Å². The lowest BCUT2D eigenvalue weighted by Gasteiger charge is -2.32. The highest BCUT2D eigenvalue weighted by Gasteiger charge is 2.52. The third kappa shape index (κ3) is 14.7. The molecule has 0 bridgehead atoms. The summed E-state index contributed by atoms with van der Waals surface area (Å²) in [7, 11) is -0.536. The fraction of sp³-hybridized carbons (Fsp3) is 0.316. The van der Waals surface area contributed by atoms with Crippen molar-refractivity contribution in [2.75, 3.05) is 19.8 Å². The normalized spacial score (nSPS) is 14.0. The van der Waals surface area contributed by atoms with Gasteiger partial charge in [0.15, 0.2) is 0 Å². The second-order valence-electron chi connectivity index (χ2n) is 19.6. The minimum absolute atomic E-state index is 0. The highest BCUT2D eigenvalue weighted by atomic mass is 79.9. The van der Waals surface area contributed by atoms with E-state index in [-0.39, 0.29) is 33.9 Å². The van der Waals surface area contributed by atoms with Crippen molar-refractivity contribution in [1.82, 2.24) is 9.78 Å². The Morgan fingerprint density at radius 1 is 0.762 bits per heavy atom. The number of carbonyl (C=O) groups is 5. The van der Waals surface area contributed by atoms with Crippen molar-refractivity contribution in [2.24, 2.45) is 16.5 Å². The van der Waals surface area contributed by atoms with Crippen LogP contribution in [0.3, 0.4) is 0 Å². The Balaban J connectivity index is 0.000000196. The molecular formula is C57H61BBrCl2N5O12S2. The molecule has 17 nitrogen and oxygen atoms in total. The van der Waals surface area contributed by atoms with E-state index in [4.69, 9.17) is 67.7 Å². The van der Waals surface area contributed by atoms with E-state index in [1.54, 1.807) is 81.0 Å². The maximum Gasteiger partial charge on any atom is 0.498 e. The van der Waals surface area contributed by atoms with Gasteiger partial charge >= 0.3 is 25.2 Å². The van der Waals surface area contributed by atoms with Crippen LogP contribution in [-0.2, 0) is 36.7 Å². The molecule has 0 radical (unpaired) electrons. The quantitative estimate of drug-likeness (QED) is 0.0587. The molecule has 2 aliphatic rings. The minimum Gasteiger partial charge on any atom is -0.489 e. The predicted octanol–water partition coefficient (Wildman–Crippen LogP) is 12.7. The van der Waals surface area contributed by atoms with Crippen molar-refractivity contribution < 1.29 is 57.0 Å². The maximum atomic E-state index is 12.5. The van der Waals surface area contributed by atoms with Gasteiger partial charge in [-0.1, -0.05) is 48.8 Å².